The molecule has 4 rings (SSSR count). The Kier molecular flexibility index (Phi) is 8.97. The van der Waals surface area contributed by atoms with E-state index < -0.39 is 17.3 Å². The molecule has 0 radical (unpaired) electrons. The highest BCUT2D eigenvalue weighted by Gasteiger charge is 2.29. The van der Waals surface area contributed by atoms with Crippen molar-refractivity contribution in [1.29, 1.82) is 0 Å². The third kappa shape index (κ3) is 7.41. The molecule has 0 spiro atoms. The first kappa shape index (κ1) is 26.9. The molecule has 1 unspecified atom stereocenters. The number of carboxylic acids is 1. The van der Waals surface area contributed by atoms with Crippen LogP contribution in [0.4, 0.5) is 4.39 Å². The molecule has 2 atom stereocenters. The highest BCUT2D eigenvalue weighted by molar-refractivity contribution is 7.89. The summed E-state index contributed by atoms with van der Waals surface area (Å²) in [5, 5.41) is 11.9. The first-order valence-electron chi connectivity index (χ1n) is 12.4. The fourth-order valence-electron chi connectivity index (χ4n) is 4.62. The topological polar surface area (TPSA) is 101 Å². The van der Waals surface area contributed by atoms with Crippen LogP contribution >= 0.6 is 0 Å². The molecule has 1 aliphatic rings. The van der Waals surface area contributed by atoms with Gasteiger partial charge in [-0.2, -0.15) is 0 Å². The smallest absolute Gasteiger partial charge is 0.307 e. The number of carbonyl (C=O) groups excluding carboxylic acids is 1. The number of carbonyl (C=O) groups is 2. The lowest BCUT2D eigenvalue weighted by Crippen LogP contribution is -2.41. The van der Waals surface area contributed by atoms with Crippen LogP contribution in [0.15, 0.2) is 77.7 Å². The van der Waals surface area contributed by atoms with E-state index >= 15 is 0 Å². The average molecular weight is 523 g/mol. The summed E-state index contributed by atoms with van der Waals surface area (Å²) in [4.78, 5) is 24.2. The lowest BCUT2D eigenvalue weighted by molar-refractivity contribution is -0.136. The zero-order valence-corrected chi connectivity index (χ0v) is 21.5. The molecule has 0 heterocycles. The number of aliphatic carboxylic acids is 1. The zero-order chi connectivity index (χ0) is 26.4. The van der Waals surface area contributed by atoms with Crippen molar-refractivity contribution in [3.05, 3.63) is 89.7 Å². The SMILES string of the molecule is C[C@@H](NC(=O)[C@H]1CC[C@H](N[S+]([O-])c2ccc(-c3ccc(CC(=O)O)cc3)cc2)CC1)c1ccc(F)cc1. The number of amides is 1. The number of halogens is 1. The molecular weight excluding hydrogens is 491 g/mol. The molecule has 0 bridgehead atoms. The molecule has 1 saturated carbocycles. The first-order valence-corrected chi connectivity index (χ1v) is 13.6. The van der Waals surface area contributed by atoms with Crippen molar-refractivity contribution in [2.75, 3.05) is 0 Å². The third-order valence-electron chi connectivity index (χ3n) is 6.81. The predicted molar refractivity (Wildman–Crippen MR) is 141 cm³/mol. The Bertz CT molecular complexity index is 1190. The Hall–Kier alpha value is -3.20. The molecule has 0 aliphatic heterocycles. The van der Waals surface area contributed by atoms with Crippen molar-refractivity contribution < 1.29 is 23.6 Å². The molecule has 1 amide bonds. The van der Waals surface area contributed by atoms with Crippen LogP contribution in [0, 0.1) is 11.7 Å². The van der Waals surface area contributed by atoms with Crippen LogP contribution in [0.2, 0.25) is 0 Å². The van der Waals surface area contributed by atoms with Crippen LogP contribution in [0.1, 0.15) is 49.8 Å². The molecule has 3 N–H and O–H groups in total. The molecule has 194 valence electrons. The molecule has 3 aromatic carbocycles. The Morgan fingerprint density at radius 1 is 0.946 bits per heavy atom. The minimum atomic E-state index is -1.36. The lowest BCUT2D eigenvalue weighted by atomic mass is 9.85. The molecule has 1 fully saturated rings. The van der Waals surface area contributed by atoms with Crippen LogP contribution in [-0.4, -0.2) is 27.6 Å². The van der Waals surface area contributed by atoms with Gasteiger partial charge in [-0.15, -0.1) is 4.72 Å². The summed E-state index contributed by atoms with van der Waals surface area (Å²) < 4.78 is 29.2. The largest absolute Gasteiger partial charge is 0.593 e. The van der Waals surface area contributed by atoms with E-state index in [-0.39, 0.29) is 36.1 Å². The van der Waals surface area contributed by atoms with E-state index in [9.17, 15) is 18.5 Å². The van der Waals surface area contributed by atoms with Gasteiger partial charge < -0.3 is 15.0 Å². The van der Waals surface area contributed by atoms with Crippen molar-refractivity contribution >= 4 is 23.2 Å². The highest BCUT2D eigenvalue weighted by Crippen LogP contribution is 2.27. The van der Waals surface area contributed by atoms with Crippen molar-refractivity contribution in [2.45, 2.75) is 56.0 Å². The molecule has 0 aromatic heterocycles. The van der Waals surface area contributed by atoms with Crippen molar-refractivity contribution in [3.63, 3.8) is 0 Å². The van der Waals surface area contributed by atoms with Gasteiger partial charge in [0.05, 0.1) is 29.9 Å². The van der Waals surface area contributed by atoms with Gasteiger partial charge in [0.1, 0.15) is 5.82 Å². The number of carboxylic acid groups (broad SMARTS) is 1. The van der Waals surface area contributed by atoms with Crippen molar-refractivity contribution in [2.24, 2.45) is 5.92 Å². The lowest BCUT2D eigenvalue weighted by Gasteiger charge is -2.29. The van der Waals surface area contributed by atoms with Gasteiger partial charge in [-0.25, -0.2) is 4.39 Å². The Morgan fingerprint density at radius 2 is 1.51 bits per heavy atom. The summed E-state index contributed by atoms with van der Waals surface area (Å²) in [6.45, 7) is 1.89. The fourth-order valence-corrected chi connectivity index (χ4v) is 5.68. The number of benzene rings is 3. The molecular formula is C29H31FN2O4S. The maximum atomic E-state index is 13.1. The fraction of sp³-hybridized carbons (Fsp3) is 0.310. The summed E-state index contributed by atoms with van der Waals surface area (Å²) in [6.07, 6.45) is 2.94. The summed E-state index contributed by atoms with van der Waals surface area (Å²) in [6, 6.07) is 20.9. The van der Waals surface area contributed by atoms with Gasteiger partial charge in [-0.3, -0.25) is 9.59 Å². The minimum Gasteiger partial charge on any atom is -0.593 e. The van der Waals surface area contributed by atoms with Crippen LogP contribution in [0.3, 0.4) is 0 Å². The second-order valence-electron chi connectivity index (χ2n) is 9.51. The Balaban J connectivity index is 1.24. The van der Waals surface area contributed by atoms with E-state index in [2.05, 4.69) is 10.0 Å². The van der Waals surface area contributed by atoms with E-state index in [1.54, 1.807) is 24.3 Å². The van der Waals surface area contributed by atoms with Gasteiger partial charge in [-0.05, 0) is 91.3 Å². The molecule has 3 aromatic rings. The van der Waals surface area contributed by atoms with Gasteiger partial charge in [0.2, 0.25) is 5.91 Å². The minimum absolute atomic E-state index is 0.00276. The number of rotatable bonds is 9. The van der Waals surface area contributed by atoms with E-state index in [1.165, 1.54) is 12.1 Å². The van der Waals surface area contributed by atoms with Gasteiger partial charge >= 0.3 is 5.97 Å². The van der Waals surface area contributed by atoms with Gasteiger partial charge in [-0.1, -0.05) is 36.4 Å². The average Bonchev–Trinajstić information content (AvgIpc) is 2.89. The molecule has 6 nitrogen and oxygen atoms in total. The highest BCUT2D eigenvalue weighted by atomic mass is 32.2. The van der Waals surface area contributed by atoms with Crippen molar-refractivity contribution in [3.8, 4) is 11.1 Å². The summed E-state index contributed by atoms with van der Waals surface area (Å²) in [5.41, 5.74) is 3.53. The molecule has 0 saturated heterocycles. The maximum absolute atomic E-state index is 13.1. The van der Waals surface area contributed by atoms with Crippen LogP contribution < -0.4 is 10.0 Å². The normalized spacial score (nSPS) is 19.1. The maximum Gasteiger partial charge on any atom is 0.307 e. The van der Waals surface area contributed by atoms with Gasteiger partial charge in [0.25, 0.3) is 0 Å². The quantitative estimate of drug-likeness (QED) is 0.337. The van der Waals surface area contributed by atoms with Crippen LogP contribution in [0.25, 0.3) is 11.1 Å². The predicted octanol–water partition coefficient (Wildman–Crippen LogP) is 5.17. The Labute approximate surface area is 219 Å². The van der Waals surface area contributed by atoms with E-state index in [1.807, 2.05) is 43.3 Å². The first-order chi connectivity index (χ1) is 17.8. The van der Waals surface area contributed by atoms with Crippen LogP contribution in [0.5, 0.6) is 0 Å². The van der Waals surface area contributed by atoms with Crippen molar-refractivity contribution in [1.82, 2.24) is 10.0 Å². The van der Waals surface area contributed by atoms with Gasteiger partial charge in [0, 0.05) is 5.92 Å². The number of hydrogen-bond acceptors (Lipinski definition) is 4. The monoisotopic (exact) mass is 522 g/mol. The third-order valence-corrected chi connectivity index (χ3v) is 8.06. The Morgan fingerprint density at radius 3 is 2.08 bits per heavy atom. The van der Waals surface area contributed by atoms with Gasteiger partial charge in [0.15, 0.2) is 4.90 Å². The second kappa shape index (κ2) is 12.4. The molecule has 1 aliphatic carbocycles. The summed E-state index contributed by atoms with van der Waals surface area (Å²) >= 11 is -1.36. The summed E-state index contributed by atoms with van der Waals surface area (Å²) in [5.74, 6) is -1.25. The number of nitrogens with one attached hydrogen (secondary N) is 2. The standard InChI is InChI=1S/C29H31FN2O4S/c1-19(21-6-12-25(30)13-7-21)31-29(35)24-8-14-26(15-9-24)32-37(36)27-16-10-23(11-17-27)22-4-2-20(3-5-22)18-28(33)34/h2-7,10-13,16-17,19,24,26,32H,8-9,14-15,18H2,1H3,(H,31,35)(H,33,34)/t19-,24-,26-,37?/m1/s1. The van der Waals surface area contributed by atoms with E-state index in [4.69, 9.17) is 5.11 Å². The van der Waals surface area contributed by atoms with E-state index in [0.29, 0.717) is 17.7 Å². The number of hydrogen-bond donors (Lipinski definition) is 3. The molecule has 37 heavy (non-hydrogen) atoms. The van der Waals surface area contributed by atoms with E-state index in [0.717, 1.165) is 35.1 Å². The zero-order valence-electron chi connectivity index (χ0n) is 20.7. The van der Waals surface area contributed by atoms with Crippen LogP contribution in [-0.2, 0) is 27.4 Å². The summed E-state index contributed by atoms with van der Waals surface area (Å²) in [7, 11) is 0. The second-order valence-corrected chi connectivity index (χ2v) is 10.8. The molecule has 8 heteroatoms.